The highest BCUT2D eigenvalue weighted by Crippen LogP contribution is 2.22. The molecule has 1 aliphatic heterocycles. The van der Waals surface area contributed by atoms with E-state index in [0.29, 0.717) is 43.2 Å². The summed E-state index contributed by atoms with van der Waals surface area (Å²) < 4.78 is 6.92. The van der Waals surface area contributed by atoms with Crippen molar-refractivity contribution in [3.05, 3.63) is 57.5 Å². The molecular formula is C22H24N6O2. The number of nitriles is 1. The van der Waals surface area contributed by atoms with Crippen LogP contribution in [0.15, 0.2) is 35.3 Å². The van der Waals surface area contributed by atoms with Crippen LogP contribution in [0.4, 0.5) is 11.6 Å². The van der Waals surface area contributed by atoms with E-state index in [4.69, 9.17) is 4.74 Å². The lowest BCUT2D eigenvalue weighted by Crippen LogP contribution is -2.24. The van der Waals surface area contributed by atoms with E-state index in [1.165, 1.54) is 15.7 Å². The number of benzene rings is 1. The summed E-state index contributed by atoms with van der Waals surface area (Å²) in [5, 5.41) is 16.6. The van der Waals surface area contributed by atoms with Gasteiger partial charge in [0.1, 0.15) is 17.3 Å². The highest BCUT2D eigenvalue weighted by atomic mass is 16.5. The van der Waals surface area contributed by atoms with Crippen LogP contribution >= 0.6 is 0 Å². The summed E-state index contributed by atoms with van der Waals surface area (Å²) in [6.07, 6.45) is 3.29. The first-order valence-electron chi connectivity index (χ1n) is 10.2. The van der Waals surface area contributed by atoms with E-state index in [0.717, 1.165) is 25.2 Å². The topological polar surface area (TPSA) is 105 Å². The van der Waals surface area contributed by atoms with E-state index in [9.17, 15) is 10.1 Å². The van der Waals surface area contributed by atoms with Gasteiger partial charge < -0.3 is 15.4 Å². The van der Waals surface area contributed by atoms with Crippen molar-refractivity contribution >= 4 is 22.7 Å². The van der Waals surface area contributed by atoms with Crippen LogP contribution < -0.4 is 16.2 Å². The molecule has 30 heavy (non-hydrogen) atoms. The molecule has 1 aromatic carbocycles. The Balaban J connectivity index is 1.67. The van der Waals surface area contributed by atoms with E-state index in [-0.39, 0.29) is 11.1 Å². The molecular weight excluding hydrogens is 380 g/mol. The minimum atomic E-state index is -0.340. The third-order valence-electron chi connectivity index (χ3n) is 5.17. The number of rotatable bonds is 7. The van der Waals surface area contributed by atoms with Gasteiger partial charge >= 0.3 is 0 Å². The molecule has 4 rings (SSSR count). The number of hydrogen-bond donors (Lipinski definition) is 2. The lowest BCUT2D eigenvalue weighted by molar-refractivity contribution is 0.141. The minimum Gasteiger partial charge on any atom is -0.382 e. The quantitative estimate of drug-likeness (QED) is 0.583. The summed E-state index contributed by atoms with van der Waals surface area (Å²) in [5.41, 5.74) is 3.78. The van der Waals surface area contributed by atoms with Crippen molar-refractivity contribution in [2.75, 3.05) is 25.1 Å². The van der Waals surface area contributed by atoms with E-state index in [1.54, 1.807) is 12.3 Å². The molecule has 2 aromatic heterocycles. The highest BCUT2D eigenvalue weighted by Gasteiger charge is 2.13. The van der Waals surface area contributed by atoms with Gasteiger partial charge in [-0.3, -0.25) is 9.36 Å². The lowest BCUT2D eigenvalue weighted by Gasteiger charge is -2.18. The Morgan fingerprint density at radius 2 is 2.23 bits per heavy atom. The highest BCUT2D eigenvalue weighted by molar-refractivity contribution is 5.77. The molecule has 8 heteroatoms. The normalized spacial score (nSPS) is 13.1. The van der Waals surface area contributed by atoms with E-state index in [1.807, 2.05) is 19.1 Å². The fraction of sp³-hybridized carbons (Fsp3) is 0.364. The van der Waals surface area contributed by atoms with E-state index in [2.05, 4.69) is 32.7 Å². The predicted octanol–water partition coefficient (Wildman–Crippen LogP) is 2.48. The summed E-state index contributed by atoms with van der Waals surface area (Å²) >= 11 is 0. The second-order valence-corrected chi connectivity index (χ2v) is 7.18. The maximum Gasteiger partial charge on any atom is 0.270 e. The standard InChI is InChI=1S/C22H24N6O2/c1-2-30-9-3-8-28-20-18(10-17(12-23)21(28)29)14-25-22(27-20)26-19-5-4-16-13-24-7-6-15(16)11-19/h4-5,10-11,14,24H,2-3,6-9,13H2,1H3,(H,25,26,27). The number of pyridine rings is 1. The fourth-order valence-corrected chi connectivity index (χ4v) is 3.66. The van der Waals surface area contributed by atoms with Crippen molar-refractivity contribution in [1.82, 2.24) is 19.9 Å². The Morgan fingerprint density at radius 1 is 1.33 bits per heavy atom. The second-order valence-electron chi connectivity index (χ2n) is 7.18. The van der Waals surface area contributed by atoms with Crippen LogP contribution in [0.2, 0.25) is 0 Å². The predicted molar refractivity (Wildman–Crippen MR) is 115 cm³/mol. The first-order chi connectivity index (χ1) is 14.7. The summed E-state index contributed by atoms with van der Waals surface area (Å²) in [5.74, 6) is 0.416. The molecule has 3 heterocycles. The third kappa shape index (κ3) is 4.17. The molecule has 0 radical (unpaired) electrons. The first-order valence-corrected chi connectivity index (χ1v) is 10.2. The van der Waals surface area contributed by atoms with Crippen molar-refractivity contribution in [3.8, 4) is 6.07 Å². The van der Waals surface area contributed by atoms with Crippen LogP contribution in [-0.2, 0) is 24.2 Å². The van der Waals surface area contributed by atoms with Crippen LogP contribution in [0.1, 0.15) is 30.0 Å². The SMILES string of the molecule is CCOCCCn1c(=O)c(C#N)cc2cnc(Nc3ccc4c(c3)CCNC4)nc21. The number of nitrogens with zero attached hydrogens (tertiary/aromatic N) is 4. The molecule has 3 aromatic rings. The Kier molecular flexibility index (Phi) is 6.02. The molecule has 0 fully saturated rings. The zero-order chi connectivity index (χ0) is 20.9. The van der Waals surface area contributed by atoms with Crippen molar-refractivity contribution in [2.45, 2.75) is 32.9 Å². The van der Waals surface area contributed by atoms with Gasteiger partial charge in [0.25, 0.3) is 5.56 Å². The number of ether oxygens (including phenoxy) is 1. The summed E-state index contributed by atoms with van der Waals surface area (Å²) in [4.78, 5) is 21.7. The lowest BCUT2D eigenvalue weighted by atomic mass is 10.0. The smallest absolute Gasteiger partial charge is 0.270 e. The molecule has 0 unspecified atom stereocenters. The van der Waals surface area contributed by atoms with Gasteiger partial charge in [-0.25, -0.2) is 4.98 Å². The van der Waals surface area contributed by atoms with Crippen molar-refractivity contribution in [1.29, 1.82) is 5.26 Å². The summed E-state index contributed by atoms with van der Waals surface area (Å²) in [7, 11) is 0. The number of aromatic nitrogens is 3. The Labute approximate surface area is 174 Å². The van der Waals surface area contributed by atoms with Gasteiger partial charge in [-0.15, -0.1) is 0 Å². The van der Waals surface area contributed by atoms with Crippen LogP contribution in [0.3, 0.4) is 0 Å². The van der Waals surface area contributed by atoms with Gasteiger partial charge in [0.05, 0.1) is 0 Å². The second kappa shape index (κ2) is 9.03. The van der Waals surface area contributed by atoms with Gasteiger partial charge in [-0.05, 0) is 55.6 Å². The van der Waals surface area contributed by atoms with Crippen LogP contribution in [-0.4, -0.2) is 34.3 Å². The van der Waals surface area contributed by atoms with Crippen LogP contribution in [0.5, 0.6) is 0 Å². The van der Waals surface area contributed by atoms with Crippen LogP contribution in [0, 0.1) is 11.3 Å². The third-order valence-corrected chi connectivity index (χ3v) is 5.17. The van der Waals surface area contributed by atoms with Gasteiger partial charge in [0.15, 0.2) is 0 Å². The van der Waals surface area contributed by atoms with Crippen molar-refractivity contribution in [2.24, 2.45) is 0 Å². The maximum absolute atomic E-state index is 12.7. The number of nitrogens with one attached hydrogen (secondary N) is 2. The van der Waals surface area contributed by atoms with Crippen LogP contribution in [0.25, 0.3) is 11.0 Å². The number of anilines is 2. The Morgan fingerprint density at radius 3 is 3.07 bits per heavy atom. The number of fused-ring (bicyclic) bond motifs is 2. The fourth-order valence-electron chi connectivity index (χ4n) is 3.66. The zero-order valence-corrected chi connectivity index (χ0v) is 16.9. The molecule has 1 aliphatic rings. The Hall–Kier alpha value is -3.28. The van der Waals surface area contributed by atoms with Gasteiger partial charge in [-0.2, -0.15) is 10.2 Å². The van der Waals surface area contributed by atoms with Gasteiger partial charge in [-0.1, -0.05) is 6.07 Å². The van der Waals surface area contributed by atoms with E-state index < -0.39 is 0 Å². The van der Waals surface area contributed by atoms with Gasteiger partial charge in [0, 0.05) is 43.6 Å². The maximum atomic E-state index is 12.7. The molecule has 0 saturated heterocycles. The molecule has 0 aliphatic carbocycles. The first kappa shape index (κ1) is 20.0. The average molecular weight is 404 g/mol. The molecule has 154 valence electrons. The molecule has 0 saturated carbocycles. The van der Waals surface area contributed by atoms with Crippen molar-refractivity contribution in [3.63, 3.8) is 0 Å². The van der Waals surface area contributed by atoms with Crippen molar-refractivity contribution < 1.29 is 4.74 Å². The molecule has 0 atom stereocenters. The monoisotopic (exact) mass is 404 g/mol. The number of aryl methyl sites for hydroxylation is 1. The zero-order valence-electron chi connectivity index (χ0n) is 16.9. The summed E-state index contributed by atoms with van der Waals surface area (Å²) in [6.45, 7) is 5.38. The number of hydrogen-bond acceptors (Lipinski definition) is 7. The van der Waals surface area contributed by atoms with E-state index >= 15 is 0 Å². The molecule has 2 N–H and O–H groups in total. The minimum absolute atomic E-state index is 0.0894. The van der Waals surface area contributed by atoms with Gasteiger partial charge in [0.2, 0.25) is 5.95 Å². The molecule has 8 nitrogen and oxygen atoms in total. The Bertz CT molecular complexity index is 1160. The molecule has 0 bridgehead atoms. The summed E-state index contributed by atoms with van der Waals surface area (Å²) in [6, 6.07) is 9.75. The average Bonchev–Trinajstić information content (AvgIpc) is 2.77. The largest absolute Gasteiger partial charge is 0.382 e. The molecule has 0 amide bonds. The molecule has 0 spiro atoms.